The molecule has 2 rings (SSSR count). The molecule has 2 aliphatic carbocycles. The molecule has 2 aliphatic rings. The molecule has 0 amide bonds. The Labute approximate surface area is 73.5 Å². The number of ketones is 1. The van der Waals surface area contributed by atoms with Crippen molar-refractivity contribution in [3.8, 4) is 0 Å². The lowest BCUT2D eigenvalue weighted by atomic mass is 9.96. The summed E-state index contributed by atoms with van der Waals surface area (Å²) in [5, 5.41) is 0. The average molecular weight is 167 g/mol. The van der Waals surface area contributed by atoms with Crippen molar-refractivity contribution in [2.75, 3.05) is 6.54 Å². The Morgan fingerprint density at radius 1 is 1.42 bits per heavy atom. The fourth-order valence-electron chi connectivity index (χ4n) is 2.53. The number of carbonyl (C=O) groups excluding carboxylic acids is 1. The van der Waals surface area contributed by atoms with E-state index in [0.29, 0.717) is 11.7 Å². The van der Waals surface area contributed by atoms with Crippen molar-refractivity contribution in [3.63, 3.8) is 0 Å². The van der Waals surface area contributed by atoms with Gasteiger partial charge in [0.2, 0.25) is 0 Å². The van der Waals surface area contributed by atoms with Gasteiger partial charge in [0.25, 0.3) is 0 Å². The van der Waals surface area contributed by atoms with Gasteiger partial charge in [-0.15, -0.1) is 0 Å². The first-order valence-corrected chi connectivity index (χ1v) is 5.05. The molecule has 0 saturated heterocycles. The lowest BCUT2D eigenvalue weighted by molar-refractivity contribution is -0.121. The van der Waals surface area contributed by atoms with Gasteiger partial charge < -0.3 is 5.73 Å². The van der Waals surface area contributed by atoms with Gasteiger partial charge in [-0.05, 0) is 37.6 Å². The Balaban J connectivity index is 1.75. The maximum Gasteiger partial charge on any atom is 0.136 e. The van der Waals surface area contributed by atoms with Crippen LogP contribution in [0.15, 0.2) is 0 Å². The molecule has 3 atom stereocenters. The molecule has 0 radical (unpaired) electrons. The predicted octanol–water partition coefficient (Wildman–Crippen LogP) is 1.34. The zero-order chi connectivity index (χ0) is 8.55. The summed E-state index contributed by atoms with van der Waals surface area (Å²) in [4.78, 5) is 11.4. The van der Waals surface area contributed by atoms with Crippen molar-refractivity contribution in [1.82, 2.24) is 0 Å². The molecule has 2 nitrogen and oxygen atoms in total. The van der Waals surface area contributed by atoms with E-state index in [2.05, 4.69) is 0 Å². The van der Waals surface area contributed by atoms with Gasteiger partial charge in [0.05, 0.1) is 0 Å². The molecule has 2 saturated carbocycles. The number of rotatable bonds is 4. The molecule has 0 bridgehead atoms. The molecule has 68 valence electrons. The summed E-state index contributed by atoms with van der Waals surface area (Å²) in [5.41, 5.74) is 5.41. The Hall–Kier alpha value is -0.370. The molecule has 0 aromatic carbocycles. The van der Waals surface area contributed by atoms with Crippen molar-refractivity contribution in [1.29, 1.82) is 0 Å². The fraction of sp³-hybridized carbons (Fsp3) is 0.900. The lowest BCUT2D eigenvalue weighted by Crippen LogP contribution is -2.11. The van der Waals surface area contributed by atoms with Crippen LogP contribution >= 0.6 is 0 Å². The number of nitrogens with two attached hydrogens (primary N) is 1. The Kier molecular flexibility index (Phi) is 2.18. The van der Waals surface area contributed by atoms with Crippen molar-refractivity contribution >= 4 is 5.78 Å². The van der Waals surface area contributed by atoms with E-state index in [-0.39, 0.29) is 0 Å². The minimum absolute atomic E-state index is 0.432. The second-order valence-electron chi connectivity index (χ2n) is 4.22. The molecule has 3 unspecified atom stereocenters. The highest BCUT2D eigenvalue weighted by Crippen LogP contribution is 2.54. The highest BCUT2D eigenvalue weighted by Gasteiger charge is 2.52. The normalized spacial score (nSPS) is 38.4. The molecule has 0 aliphatic heterocycles. The Bertz CT molecular complexity index is 190. The maximum absolute atomic E-state index is 11.4. The molecule has 0 heterocycles. The molecule has 0 aromatic heterocycles. The first kappa shape index (κ1) is 8.24. The van der Waals surface area contributed by atoms with Crippen LogP contribution in [0, 0.1) is 17.8 Å². The molecule has 0 spiro atoms. The SMILES string of the molecule is NCCCCC1C(=O)CC2CC21. The molecule has 2 heteroatoms. The third-order valence-corrected chi connectivity index (χ3v) is 3.34. The van der Waals surface area contributed by atoms with Crippen LogP contribution in [0.1, 0.15) is 32.1 Å². The van der Waals surface area contributed by atoms with Gasteiger partial charge in [-0.25, -0.2) is 0 Å². The quantitative estimate of drug-likeness (QED) is 0.642. The molecule has 0 aromatic rings. The summed E-state index contributed by atoms with van der Waals surface area (Å²) in [7, 11) is 0. The van der Waals surface area contributed by atoms with Crippen molar-refractivity contribution in [3.05, 3.63) is 0 Å². The smallest absolute Gasteiger partial charge is 0.136 e. The van der Waals surface area contributed by atoms with Crippen LogP contribution in [0.2, 0.25) is 0 Å². The number of unbranched alkanes of at least 4 members (excludes halogenated alkanes) is 1. The highest BCUT2D eigenvalue weighted by atomic mass is 16.1. The average Bonchev–Trinajstić information content (AvgIpc) is 2.72. The minimum Gasteiger partial charge on any atom is -0.330 e. The second kappa shape index (κ2) is 3.17. The summed E-state index contributed by atoms with van der Waals surface area (Å²) in [6.07, 6.45) is 5.56. The van der Waals surface area contributed by atoms with Crippen LogP contribution in [0.3, 0.4) is 0 Å². The van der Waals surface area contributed by atoms with Gasteiger partial charge in [-0.2, -0.15) is 0 Å². The van der Waals surface area contributed by atoms with E-state index >= 15 is 0 Å². The molecule has 2 fully saturated rings. The zero-order valence-corrected chi connectivity index (χ0v) is 7.46. The largest absolute Gasteiger partial charge is 0.330 e. The van der Waals surface area contributed by atoms with E-state index in [1.165, 1.54) is 6.42 Å². The van der Waals surface area contributed by atoms with Crippen molar-refractivity contribution in [2.24, 2.45) is 23.5 Å². The van der Waals surface area contributed by atoms with E-state index in [1.807, 2.05) is 0 Å². The van der Waals surface area contributed by atoms with Gasteiger partial charge in [-0.3, -0.25) is 4.79 Å². The van der Waals surface area contributed by atoms with Gasteiger partial charge in [-0.1, -0.05) is 6.42 Å². The Morgan fingerprint density at radius 3 is 2.83 bits per heavy atom. The minimum atomic E-state index is 0.432. The van der Waals surface area contributed by atoms with Crippen LogP contribution in [0.4, 0.5) is 0 Å². The first-order chi connectivity index (χ1) is 5.83. The fourth-order valence-corrected chi connectivity index (χ4v) is 2.53. The topological polar surface area (TPSA) is 43.1 Å². The summed E-state index contributed by atoms with van der Waals surface area (Å²) < 4.78 is 0. The van der Waals surface area contributed by atoms with Gasteiger partial charge >= 0.3 is 0 Å². The molecular weight excluding hydrogens is 150 g/mol. The molecule has 12 heavy (non-hydrogen) atoms. The summed E-state index contributed by atoms with van der Waals surface area (Å²) in [6, 6.07) is 0. The lowest BCUT2D eigenvalue weighted by Gasteiger charge is -2.08. The van der Waals surface area contributed by atoms with Crippen LogP contribution in [-0.2, 0) is 4.79 Å². The maximum atomic E-state index is 11.4. The molecule has 2 N–H and O–H groups in total. The van der Waals surface area contributed by atoms with Crippen LogP contribution in [0.25, 0.3) is 0 Å². The van der Waals surface area contributed by atoms with Crippen LogP contribution in [0.5, 0.6) is 0 Å². The van der Waals surface area contributed by atoms with Crippen LogP contribution in [-0.4, -0.2) is 12.3 Å². The number of hydrogen-bond donors (Lipinski definition) is 1. The van der Waals surface area contributed by atoms with Crippen LogP contribution < -0.4 is 5.73 Å². The number of Topliss-reactive ketones (excluding diaryl/α,β-unsaturated/α-hetero) is 1. The zero-order valence-electron chi connectivity index (χ0n) is 7.46. The number of carbonyl (C=O) groups is 1. The first-order valence-electron chi connectivity index (χ1n) is 5.05. The Morgan fingerprint density at radius 2 is 2.25 bits per heavy atom. The monoisotopic (exact) mass is 167 g/mol. The summed E-state index contributed by atoms with van der Waals surface area (Å²) in [5.74, 6) is 2.55. The van der Waals surface area contributed by atoms with E-state index in [9.17, 15) is 4.79 Å². The second-order valence-corrected chi connectivity index (χ2v) is 4.22. The summed E-state index contributed by atoms with van der Waals surface area (Å²) >= 11 is 0. The van der Waals surface area contributed by atoms with E-state index in [0.717, 1.165) is 44.1 Å². The number of fused-ring (bicyclic) bond motifs is 1. The van der Waals surface area contributed by atoms with E-state index in [4.69, 9.17) is 5.73 Å². The third kappa shape index (κ3) is 1.40. The van der Waals surface area contributed by atoms with Gasteiger partial charge in [0, 0.05) is 12.3 Å². The standard InChI is InChI=1S/C10H17NO/c11-4-2-1-3-8-9-5-7(9)6-10(8)12/h7-9H,1-6,11H2. The van der Waals surface area contributed by atoms with Crippen molar-refractivity contribution in [2.45, 2.75) is 32.1 Å². The number of hydrogen-bond acceptors (Lipinski definition) is 2. The van der Waals surface area contributed by atoms with E-state index < -0.39 is 0 Å². The van der Waals surface area contributed by atoms with Crippen molar-refractivity contribution < 1.29 is 4.79 Å². The predicted molar refractivity (Wildman–Crippen MR) is 47.6 cm³/mol. The molecular formula is C10H17NO. The highest BCUT2D eigenvalue weighted by molar-refractivity contribution is 5.85. The van der Waals surface area contributed by atoms with E-state index in [1.54, 1.807) is 0 Å². The third-order valence-electron chi connectivity index (χ3n) is 3.34. The van der Waals surface area contributed by atoms with Gasteiger partial charge in [0.1, 0.15) is 5.78 Å². The van der Waals surface area contributed by atoms with Gasteiger partial charge in [0.15, 0.2) is 0 Å². The summed E-state index contributed by atoms with van der Waals surface area (Å²) in [6.45, 7) is 0.773.